The molecule has 2 aromatic rings. The Morgan fingerprint density at radius 2 is 1.80 bits per heavy atom. The van der Waals surface area contributed by atoms with E-state index < -0.39 is 11.5 Å². The van der Waals surface area contributed by atoms with Crippen molar-refractivity contribution < 1.29 is 9.18 Å². The number of carbonyl (C=O) groups excluding carboxylic acids is 1. The molecule has 2 saturated carbocycles. The number of amides is 1. The average Bonchev–Trinajstić information content (AvgIpc) is 3.54. The smallest absolute Gasteiger partial charge is 0.275 e. The maximum atomic E-state index is 13.8. The van der Waals surface area contributed by atoms with Gasteiger partial charge in [0.2, 0.25) is 0 Å². The summed E-state index contributed by atoms with van der Waals surface area (Å²) in [5.41, 5.74) is 2.94. The highest BCUT2D eigenvalue weighted by Crippen LogP contribution is 2.52. The van der Waals surface area contributed by atoms with Crippen LogP contribution < -0.4 is 0 Å². The summed E-state index contributed by atoms with van der Waals surface area (Å²) in [5, 5.41) is 0.0245. The van der Waals surface area contributed by atoms with Crippen LogP contribution in [0.3, 0.4) is 0 Å². The molecule has 2 aliphatic carbocycles. The molecule has 3 aliphatic rings. The maximum Gasteiger partial charge on any atom is 0.275 e. The van der Waals surface area contributed by atoms with Gasteiger partial charge < -0.3 is 4.90 Å². The van der Waals surface area contributed by atoms with Crippen LogP contribution in [-0.4, -0.2) is 22.2 Å². The van der Waals surface area contributed by atoms with Crippen LogP contribution in [-0.2, 0) is 4.79 Å². The van der Waals surface area contributed by atoms with Crippen LogP contribution >= 0.6 is 11.6 Å². The van der Waals surface area contributed by atoms with Gasteiger partial charge in [-0.3, -0.25) is 9.79 Å². The zero-order valence-corrected chi connectivity index (χ0v) is 18.0. The molecule has 5 heteroatoms. The monoisotopic (exact) mass is 424 g/mol. The number of aryl methyl sites for hydroxylation is 1. The number of benzene rings is 2. The first-order chi connectivity index (χ1) is 14.5. The summed E-state index contributed by atoms with van der Waals surface area (Å²) >= 11 is 6.03. The zero-order valence-electron chi connectivity index (χ0n) is 17.2. The molecule has 1 amide bonds. The molecule has 1 unspecified atom stereocenters. The van der Waals surface area contributed by atoms with Crippen molar-refractivity contribution in [3.8, 4) is 0 Å². The Hall–Kier alpha value is -2.20. The molecule has 3 nitrogen and oxygen atoms in total. The minimum absolute atomic E-state index is 0.0245. The Kier molecular flexibility index (Phi) is 4.93. The second-order valence-corrected chi connectivity index (χ2v) is 9.41. The molecule has 1 atom stereocenters. The highest BCUT2D eigenvalue weighted by Gasteiger charge is 2.53. The number of aliphatic imine (C=N–C) groups is 1. The highest BCUT2D eigenvalue weighted by atomic mass is 35.5. The SMILES string of the molecule is Cc1ccc(C(C2CC2)N2C(=O)C(c3ccc(F)c(Cl)c3)=NC23CCCCC3)cc1. The Bertz CT molecular complexity index is 1010. The van der Waals surface area contributed by atoms with E-state index in [1.165, 1.54) is 29.7 Å². The molecule has 156 valence electrons. The van der Waals surface area contributed by atoms with Crippen LogP contribution in [0.4, 0.5) is 4.39 Å². The summed E-state index contributed by atoms with van der Waals surface area (Å²) in [4.78, 5) is 21.0. The molecule has 2 aromatic carbocycles. The van der Waals surface area contributed by atoms with Crippen molar-refractivity contribution >= 4 is 23.2 Å². The summed E-state index contributed by atoms with van der Waals surface area (Å²) < 4.78 is 13.7. The van der Waals surface area contributed by atoms with Crippen molar-refractivity contribution in [2.45, 2.75) is 63.6 Å². The van der Waals surface area contributed by atoms with Crippen molar-refractivity contribution in [2.75, 3.05) is 0 Å². The molecule has 1 spiro atoms. The molecular weight excluding hydrogens is 399 g/mol. The van der Waals surface area contributed by atoms with Crippen LogP contribution in [0.1, 0.15) is 67.7 Å². The first kappa shape index (κ1) is 19.7. The number of nitrogens with zero attached hydrogens (tertiary/aromatic N) is 2. The number of hydrogen-bond acceptors (Lipinski definition) is 2. The fourth-order valence-electron chi connectivity index (χ4n) is 5.11. The summed E-state index contributed by atoms with van der Waals surface area (Å²) in [6.07, 6.45) is 7.34. The lowest BCUT2D eigenvalue weighted by Gasteiger charge is -2.44. The van der Waals surface area contributed by atoms with Crippen molar-refractivity contribution in [1.82, 2.24) is 4.90 Å². The highest BCUT2D eigenvalue weighted by molar-refractivity contribution is 6.47. The fraction of sp³-hybridized carbons (Fsp3) is 0.440. The van der Waals surface area contributed by atoms with Crippen LogP contribution in [0.15, 0.2) is 47.5 Å². The summed E-state index contributed by atoms with van der Waals surface area (Å²) in [7, 11) is 0. The number of rotatable bonds is 4. The van der Waals surface area contributed by atoms with Crippen molar-refractivity contribution in [3.05, 3.63) is 70.0 Å². The van der Waals surface area contributed by atoms with Gasteiger partial charge >= 0.3 is 0 Å². The number of halogens is 2. The van der Waals surface area contributed by atoms with Crippen LogP contribution in [0.25, 0.3) is 0 Å². The van der Waals surface area contributed by atoms with Gasteiger partial charge in [0, 0.05) is 5.56 Å². The molecule has 0 saturated heterocycles. The lowest BCUT2D eigenvalue weighted by atomic mass is 9.86. The van der Waals surface area contributed by atoms with Gasteiger partial charge in [0.05, 0.1) is 11.1 Å². The van der Waals surface area contributed by atoms with Gasteiger partial charge in [-0.1, -0.05) is 47.9 Å². The third-order valence-corrected chi connectivity index (χ3v) is 7.09. The molecule has 2 fully saturated rings. The Morgan fingerprint density at radius 1 is 1.10 bits per heavy atom. The summed E-state index contributed by atoms with van der Waals surface area (Å²) in [6.45, 7) is 2.08. The molecule has 0 bridgehead atoms. The molecule has 1 aliphatic heterocycles. The minimum Gasteiger partial charge on any atom is -0.305 e. The summed E-state index contributed by atoms with van der Waals surface area (Å²) in [6, 6.07) is 13.1. The predicted molar refractivity (Wildman–Crippen MR) is 117 cm³/mol. The number of hydrogen-bond donors (Lipinski definition) is 0. The van der Waals surface area contributed by atoms with Gasteiger partial charge in [-0.15, -0.1) is 0 Å². The van der Waals surface area contributed by atoms with E-state index in [9.17, 15) is 9.18 Å². The Morgan fingerprint density at radius 3 is 2.43 bits per heavy atom. The van der Waals surface area contributed by atoms with Gasteiger partial charge in [0.15, 0.2) is 0 Å². The van der Waals surface area contributed by atoms with Gasteiger partial charge in [0.25, 0.3) is 5.91 Å². The van der Waals surface area contributed by atoms with Crippen LogP contribution in [0.5, 0.6) is 0 Å². The van der Waals surface area contributed by atoms with E-state index in [-0.39, 0.29) is 17.0 Å². The van der Waals surface area contributed by atoms with E-state index in [2.05, 4.69) is 36.1 Å². The lowest BCUT2D eigenvalue weighted by molar-refractivity contribution is -0.133. The maximum absolute atomic E-state index is 13.8. The minimum atomic E-state index is -0.496. The molecule has 1 heterocycles. The van der Waals surface area contributed by atoms with Gasteiger partial charge in [-0.05, 0) is 75.1 Å². The third kappa shape index (κ3) is 3.35. The average molecular weight is 425 g/mol. The standard InChI is InChI=1S/C25H26ClFN2O/c1-16-5-7-17(8-6-16)23(18-9-10-18)29-24(30)22(19-11-12-21(27)20(26)15-19)28-25(29)13-3-2-4-14-25/h5-8,11-12,15,18,23H,2-4,9-10,13-14H2,1H3. The van der Waals surface area contributed by atoms with Crippen LogP contribution in [0.2, 0.25) is 5.02 Å². The van der Waals surface area contributed by atoms with Gasteiger partial charge in [-0.2, -0.15) is 0 Å². The predicted octanol–water partition coefficient (Wildman–Crippen LogP) is 6.23. The molecule has 0 aromatic heterocycles. The van der Waals surface area contributed by atoms with Crippen LogP contribution in [0, 0.1) is 18.7 Å². The van der Waals surface area contributed by atoms with E-state index in [0.717, 1.165) is 38.5 Å². The quantitative estimate of drug-likeness (QED) is 0.572. The topological polar surface area (TPSA) is 32.7 Å². The first-order valence-electron chi connectivity index (χ1n) is 10.9. The fourth-order valence-corrected chi connectivity index (χ4v) is 5.29. The van der Waals surface area contributed by atoms with Crippen molar-refractivity contribution in [3.63, 3.8) is 0 Å². The zero-order chi connectivity index (χ0) is 20.9. The molecule has 30 heavy (non-hydrogen) atoms. The lowest BCUT2D eigenvalue weighted by Crippen LogP contribution is -2.50. The van der Waals surface area contributed by atoms with E-state index >= 15 is 0 Å². The molecule has 5 rings (SSSR count). The van der Waals surface area contributed by atoms with Crippen molar-refractivity contribution in [2.24, 2.45) is 10.9 Å². The summed E-state index contributed by atoms with van der Waals surface area (Å²) in [5.74, 6) is -0.0509. The van der Waals surface area contributed by atoms with E-state index in [4.69, 9.17) is 16.6 Å². The normalized spacial score (nSPS) is 21.8. The molecular formula is C25H26ClFN2O. The van der Waals surface area contributed by atoms with Gasteiger partial charge in [-0.25, -0.2) is 4.39 Å². The third-order valence-electron chi connectivity index (χ3n) is 6.80. The number of carbonyl (C=O) groups is 1. The Balaban J connectivity index is 1.60. The largest absolute Gasteiger partial charge is 0.305 e. The second kappa shape index (κ2) is 7.49. The van der Waals surface area contributed by atoms with Gasteiger partial charge in [0.1, 0.15) is 17.2 Å². The van der Waals surface area contributed by atoms with E-state index in [1.807, 2.05) is 0 Å². The first-order valence-corrected chi connectivity index (χ1v) is 11.3. The van der Waals surface area contributed by atoms with Crippen molar-refractivity contribution in [1.29, 1.82) is 0 Å². The molecule has 0 N–H and O–H groups in total. The molecule has 0 radical (unpaired) electrons. The van der Waals surface area contributed by atoms with E-state index in [1.54, 1.807) is 6.07 Å². The second-order valence-electron chi connectivity index (χ2n) is 9.00. The van der Waals surface area contributed by atoms with E-state index in [0.29, 0.717) is 17.2 Å². The Labute approximate surface area is 182 Å².